The molecule has 0 aliphatic carbocycles. The summed E-state index contributed by atoms with van der Waals surface area (Å²) < 4.78 is 48.4. The van der Waals surface area contributed by atoms with Gasteiger partial charge in [0.05, 0.1) is 23.4 Å². The highest BCUT2D eigenvalue weighted by atomic mass is 32.2. The molecule has 0 fully saturated rings. The van der Waals surface area contributed by atoms with Crippen LogP contribution < -0.4 is 14.4 Å². The van der Waals surface area contributed by atoms with Crippen molar-refractivity contribution in [3.8, 4) is 11.4 Å². The number of carbonyl (C=O) groups is 1. The molecule has 0 aliphatic rings. The molecule has 0 aliphatic heterocycles. The fourth-order valence-corrected chi connectivity index (χ4v) is 5.13. The first-order chi connectivity index (χ1) is 17.3. The van der Waals surface area contributed by atoms with Crippen LogP contribution in [0.5, 0.6) is 5.75 Å². The Kier molecular flexibility index (Phi) is 7.35. The number of ether oxygens (including phenoxy) is 1. The van der Waals surface area contributed by atoms with Gasteiger partial charge in [0.1, 0.15) is 23.9 Å². The zero-order chi connectivity index (χ0) is 25.7. The van der Waals surface area contributed by atoms with Crippen LogP contribution in [0.15, 0.2) is 90.1 Å². The molecule has 8 nitrogen and oxygen atoms in total. The molecule has 4 rings (SSSR count). The number of rotatable bonds is 9. The summed E-state index contributed by atoms with van der Waals surface area (Å²) >= 11 is 0. The number of nitrogens with one attached hydrogen (secondary N) is 1. The topological polar surface area (TPSA) is 93.5 Å². The van der Waals surface area contributed by atoms with E-state index < -0.39 is 28.3 Å². The van der Waals surface area contributed by atoms with Gasteiger partial charge in [-0.2, -0.15) is 0 Å². The van der Waals surface area contributed by atoms with Crippen molar-refractivity contribution in [1.82, 2.24) is 14.9 Å². The van der Waals surface area contributed by atoms with Gasteiger partial charge in [-0.3, -0.25) is 9.10 Å². The van der Waals surface area contributed by atoms with E-state index in [2.05, 4.69) is 10.3 Å². The third-order valence-electron chi connectivity index (χ3n) is 5.60. The normalized spacial score (nSPS) is 11.2. The average Bonchev–Trinajstić information content (AvgIpc) is 3.32. The third-order valence-corrected chi connectivity index (χ3v) is 7.39. The highest BCUT2D eigenvalue weighted by Crippen LogP contribution is 2.25. The van der Waals surface area contributed by atoms with E-state index in [1.54, 1.807) is 6.20 Å². The van der Waals surface area contributed by atoms with E-state index >= 15 is 0 Å². The van der Waals surface area contributed by atoms with Gasteiger partial charge in [0.25, 0.3) is 10.0 Å². The van der Waals surface area contributed by atoms with E-state index in [1.165, 1.54) is 43.5 Å². The first kappa shape index (κ1) is 24.9. The Bertz CT molecular complexity index is 1450. The summed E-state index contributed by atoms with van der Waals surface area (Å²) in [5.41, 5.74) is 1.85. The largest absolute Gasteiger partial charge is 0.497 e. The summed E-state index contributed by atoms with van der Waals surface area (Å²) in [5.74, 6) is 0.249. The molecule has 0 unspecified atom stereocenters. The van der Waals surface area contributed by atoms with Crippen LogP contribution in [-0.2, 0) is 21.4 Å². The van der Waals surface area contributed by atoms with Crippen molar-refractivity contribution in [3.05, 3.63) is 102 Å². The Hall–Kier alpha value is -4.18. The molecule has 0 saturated heterocycles. The molecule has 4 aromatic rings. The summed E-state index contributed by atoms with van der Waals surface area (Å²) in [6, 6.07) is 18.3. The van der Waals surface area contributed by atoms with E-state index in [0.717, 1.165) is 33.5 Å². The quantitative estimate of drug-likeness (QED) is 0.371. The Balaban J connectivity index is 1.58. The Labute approximate surface area is 209 Å². The number of aryl methyl sites for hydroxylation is 1. The van der Waals surface area contributed by atoms with E-state index in [1.807, 2.05) is 42.0 Å². The maximum atomic E-state index is 13.5. The summed E-state index contributed by atoms with van der Waals surface area (Å²) in [5, 5.41) is 2.80. The molecule has 1 N–H and O–H groups in total. The number of carbonyl (C=O) groups excluding carboxylic acids is 1. The number of anilines is 1. The van der Waals surface area contributed by atoms with Crippen molar-refractivity contribution in [1.29, 1.82) is 0 Å². The fourth-order valence-electron chi connectivity index (χ4n) is 3.71. The molecule has 1 heterocycles. The van der Waals surface area contributed by atoms with E-state index in [9.17, 15) is 17.6 Å². The number of nitrogens with zero attached hydrogens (tertiary/aromatic N) is 3. The molecule has 1 amide bonds. The average molecular weight is 509 g/mol. The highest BCUT2D eigenvalue weighted by molar-refractivity contribution is 7.92. The maximum Gasteiger partial charge on any atom is 0.264 e. The smallest absolute Gasteiger partial charge is 0.264 e. The molecule has 3 aromatic carbocycles. The van der Waals surface area contributed by atoms with Crippen LogP contribution in [0.1, 0.15) is 11.4 Å². The molecular weight excluding hydrogens is 483 g/mol. The number of benzene rings is 3. The molecule has 0 radical (unpaired) electrons. The molecule has 1 aromatic heterocycles. The summed E-state index contributed by atoms with van der Waals surface area (Å²) in [6.07, 6.45) is 3.52. The van der Waals surface area contributed by atoms with Crippen molar-refractivity contribution in [2.24, 2.45) is 0 Å². The number of imidazole rings is 1. The SMILES string of the molecule is COc1ccc(S(=O)(=O)N(CC(=O)NCc2ccccc2-n2ccnc2C)c2ccc(F)cc2)cc1. The standard InChI is InChI=1S/C26H25FN4O4S/c1-19-28-15-16-30(19)25-6-4-3-5-20(25)17-29-26(32)18-31(22-9-7-21(27)8-10-22)36(33,34)24-13-11-23(35-2)12-14-24/h3-16H,17-18H2,1-2H3,(H,29,32). The van der Waals surface area contributed by atoms with Gasteiger partial charge >= 0.3 is 0 Å². The van der Waals surface area contributed by atoms with Crippen LogP contribution in [0.4, 0.5) is 10.1 Å². The molecule has 0 bridgehead atoms. The van der Waals surface area contributed by atoms with Crippen LogP contribution >= 0.6 is 0 Å². The second kappa shape index (κ2) is 10.6. The summed E-state index contributed by atoms with van der Waals surface area (Å²) in [7, 11) is -2.66. The number of hydrogen-bond acceptors (Lipinski definition) is 5. The van der Waals surface area contributed by atoms with Gasteiger partial charge in [-0.15, -0.1) is 0 Å². The van der Waals surface area contributed by atoms with Gasteiger partial charge in [0, 0.05) is 18.9 Å². The number of hydrogen-bond donors (Lipinski definition) is 1. The van der Waals surface area contributed by atoms with Crippen LogP contribution in [0.25, 0.3) is 5.69 Å². The predicted octanol–water partition coefficient (Wildman–Crippen LogP) is 3.84. The van der Waals surface area contributed by atoms with Crippen LogP contribution in [0.2, 0.25) is 0 Å². The van der Waals surface area contributed by atoms with Crippen molar-refractivity contribution in [3.63, 3.8) is 0 Å². The number of amides is 1. The lowest BCUT2D eigenvalue weighted by molar-refractivity contribution is -0.119. The number of sulfonamides is 1. The van der Waals surface area contributed by atoms with Gasteiger partial charge in [0.2, 0.25) is 5.91 Å². The van der Waals surface area contributed by atoms with Gasteiger partial charge in [-0.1, -0.05) is 18.2 Å². The maximum absolute atomic E-state index is 13.5. The minimum absolute atomic E-state index is 0.0265. The summed E-state index contributed by atoms with van der Waals surface area (Å²) in [4.78, 5) is 17.2. The van der Waals surface area contributed by atoms with Crippen molar-refractivity contribution < 1.29 is 22.3 Å². The Morgan fingerprint density at radius 1 is 1.06 bits per heavy atom. The van der Waals surface area contributed by atoms with Crippen LogP contribution in [0.3, 0.4) is 0 Å². The zero-order valence-corrected chi connectivity index (χ0v) is 20.6. The van der Waals surface area contributed by atoms with Crippen LogP contribution in [0, 0.1) is 12.7 Å². The Morgan fingerprint density at radius 3 is 2.39 bits per heavy atom. The number of aromatic nitrogens is 2. The predicted molar refractivity (Wildman–Crippen MR) is 134 cm³/mol. The number of methoxy groups -OCH3 is 1. The number of halogens is 1. The molecule has 36 heavy (non-hydrogen) atoms. The lowest BCUT2D eigenvalue weighted by Crippen LogP contribution is -2.40. The third kappa shape index (κ3) is 5.38. The zero-order valence-electron chi connectivity index (χ0n) is 19.8. The van der Waals surface area contributed by atoms with Gasteiger partial charge < -0.3 is 14.6 Å². The molecule has 186 valence electrons. The second-order valence-electron chi connectivity index (χ2n) is 7.91. The highest BCUT2D eigenvalue weighted by Gasteiger charge is 2.27. The van der Waals surface area contributed by atoms with Gasteiger partial charge in [0.15, 0.2) is 0 Å². The van der Waals surface area contributed by atoms with E-state index in [-0.39, 0.29) is 17.1 Å². The molecule has 0 spiro atoms. The van der Waals surface area contributed by atoms with Crippen molar-refractivity contribution in [2.75, 3.05) is 18.0 Å². The second-order valence-corrected chi connectivity index (χ2v) is 9.78. The lowest BCUT2D eigenvalue weighted by Gasteiger charge is -2.24. The molecule has 0 atom stereocenters. The minimum atomic E-state index is -4.14. The first-order valence-corrected chi connectivity index (χ1v) is 12.5. The van der Waals surface area contributed by atoms with E-state index in [0.29, 0.717) is 5.75 Å². The Morgan fingerprint density at radius 2 is 1.75 bits per heavy atom. The first-order valence-electron chi connectivity index (χ1n) is 11.1. The summed E-state index contributed by atoms with van der Waals surface area (Å²) in [6.45, 7) is 1.55. The molecule has 10 heteroatoms. The lowest BCUT2D eigenvalue weighted by atomic mass is 10.1. The van der Waals surface area contributed by atoms with Crippen LogP contribution in [-0.4, -0.2) is 37.5 Å². The van der Waals surface area contributed by atoms with Crippen molar-refractivity contribution >= 4 is 21.6 Å². The number of para-hydroxylation sites is 1. The monoisotopic (exact) mass is 508 g/mol. The minimum Gasteiger partial charge on any atom is -0.497 e. The fraction of sp³-hybridized carbons (Fsp3) is 0.154. The van der Waals surface area contributed by atoms with E-state index in [4.69, 9.17) is 4.74 Å². The molecular formula is C26H25FN4O4S. The van der Waals surface area contributed by atoms with Crippen molar-refractivity contribution in [2.45, 2.75) is 18.4 Å². The van der Waals surface area contributed by atoms with Gasteiger partial charge in [-0.05, 0) is 67.1 Å². The van der Waals surface area contributed by atoms with Gasteiger partial charge in [-0.25, -0.2) is 17.8 Å². The molecule has 0 saturated carbocycles.